The number of hydrogen-bond donors (Lipinski definition) is 2. The third kappa shape index (κ3) is 3.03. The van der Waals surface area contributed by atoms with Gasteiger partial charge in [-0.05, 0) is 49.5 Å². The number of benzene rings is 1. The Labute approximate surface area is 104 Å². The summed E-state index contributed by atoms with van der Waals surface area (Å²) in [5.74, 6) is 0.0368. The second-order valence-corrected chi connectivity index (χ2v) is 4.66. The Morgan fingerprint density at radius 3 is 2.50 bits per heavy atom. The summed E-state index contributed by atoms with van der Waals surface area (Å²) >= 11 is 0. The molecule has 1 fully saturated rings. The van der Waals surface area contributed by atoms with Crippen LogP contribution in [0.15, 0.2) is 24.3 Å². The summed E-state index contributed by atoms with van der Waals surface area (Å²) in [5.41, 5.74) is -0.343. The molecule has 100 valence electrons. The highest BCUT2D eigenvalue weighted by Gasteiger charge is 2.31. The number of hydrogen-bond acceptors (Lipinski definition) is 2. The summed E-state index contributed by atoms with van der Waals surface area (Å²) in [6.45, 7) is 1.61. The Kier molecular flexibility index (Phi) is 3.92. The molecule has 18 heavy (non-hydrogen) atoms. The molecule has 0 amide bonds. The van der Waals surface area contributed by atoms with Crippen molar-refractivity contribution in [3.63, 3.8) is 0 Å². The van der Waals surface area contributed by atoms with E-state index in [-0.39, 0.29) is 5.92 Å². The van der Waals surface area contributed by atoms with Gasteiger partial charge in [-0.15, -0.1) is 0 Å². The van der Waals surface area contributed by atoms with Crippen LogP contribution in [0.5, 0.6) is 0 Å². The second kappa shape index (κ2) is 5.28. The molecule has 1 aromatic carbocycles. The third-order valence-corrected chi connectivity index (χ3v) is 3.39. The zero-order valence-corrected chi connectivity index (χ0v) is 9.87. The minimum absolute atomic E-state index is 0.0368. The lowest BCUT2D eigenvalue weighted by Crippen LogP contribution is -2.30. The summed E-state index contributed by atoms with van der Waals surface area (Å²) in [6.07, 6.45) is -3.59. The van der Waals surface area contributed by atoms with Gasteiger partial charge in [0.2, 0.25) is 0 Å². The van der Waals surface area contributed by atoms with Crippen LogP contribution in [0.1, 0.15) is 30.1 Å². The quantitative estimate of drug-likeness (QED) is 0.856. The molecule has 1 atom stereocenters. The van der Waals surface area contributed by atoms with Crippen LogP contribution in [0.4, 0.5) is 13.2 Å². The van der Waals surface area contributed by atoms with Crippen LogP contribution in [0.3, 0.4) is 0 Å². The Balaban J connectivity index is 2.17. The number of rotatable bonds is 2. The lowest BCUT2D eigenvalue weighted by Gasteiger charge is -2.27. The number of nitrogens with one attached hydrogen (secondary N) is 1. The van der Waals surface area contributed by atoms with Gasteiger partial charge in [-0.1, -0.05) is 12.1 Å². The number of aliphatic hydroxyl groups is 1. The van der Waals surface area contributed by atoms with E-state index < -0.39 is 17.8 Å². The fraction of sp³-hybridized carbons (Fsp3) is 0.538. The van der Waals surface area contributed by atoms with Gasteiger partial charge in [-0.25, -0.2) is 0 Å². The molecular weight excluding hydrogens is 243 g/mol. The van der Waals surface area contributed by atoms with E-state index in [9.17, 15) is 18.3 Å². The van der Waals surface area contributed by atoms with E-state index in [0.29, 0.717) is 5.56 Å². The molecule has 0 saturated carbocycles. The molecule has 0 aromatic heterocycles. The van der Waals surface area contributed by atoms with Gasteiger partial charge in [-0.2, -0.15) is 13.2 Å². The molecule has 0 spiro atoms. The van der Waals surface area contributed by atoms with Crippen molar-refractivity contribution in [2.45, 2.75) is 25.1 Å². The molecule has 0 aliphatic carbocycles. The molecule has 1 aliphatic rings. The Morgan fingerprint density at radius 1 is 1.22 bits per heavy atom. The zero-order chi connectivity index (χ0) is 13.2. The van der Waals surface area contributed by atoms with Crippen molar-refractivity contribution in [1.82, 2.24) is 5.32 Å². The van der Waals surface area contributed by atoms with E-state index in [1.165, 1.54) is 6.07 Å². The van der Waals surface area contributed by atoms with Crippen molar-refractivity contribution >= 4 is 0 Å². The summed E-state index contributed by atoms with van der Waals surface area (Å²) in [4.78, 5) is 0. The van der Waals surface area contributed by atoms with Crippen LogP contribution >= 0.6 is 0 Å². The van der Waals surface area contributed by atoms with Gasteiger partial charge >= 0.3 is 6.18 Å². The molecule has 0 bridgehead atoms. The molecule has 2 nitrogen and oxygen atoms in total. The minimum Gasteiger partial charge on any atom is -0.388 e. The molecule has 1 aromatic rings. The second-order valence-electron chi connectivity index (χ2n) is 4.66. The first kappa shape index (κ1) is 13.4. The van der Waals surface area contributed by atoms with Crippen LogP contribution in [-0.4, -0.2) is 18.2 Å². The van der Waals surface area contributed by atoms with Crippen LogP contribution in [0, 0.1) is 5.92 Å². The highest BCUT2D eigenvalue weighted by molar-refractivity contribution is 5.27. The van der Waals surface area contributed by atoms with Crippen molar-refractivity contribution < 1.29 is 18.3 Å². The van der Waals surface area contributed by atoms with Gasteiger partial charge in [0.05, 0.1) is 11.7 Å². The molecular formula is C13H16F3NO. The maximum Gasteiger partial charge on any atom is 0.416 e. The van der Waals surface area contributed by atoms with E-state index in [4.69, 9.17) is 0 Å². The fourth-order valence-electron chi connectivity index (χ4n) is 2.33. The van der Waals surface area contributed by atoms with E-state index in [0.717, 1.165) is 38.1 Å². The van der Waals surface area contributed by atoms with Crippen molar-refractivity contribution in [2.24, 2.45) is 5.92 Å². The highest BCUT2D eigenvalue weighted by atomic mass is 19.4. The molecule has 1 aliphatic heterocycles. The number of piperidine rings is 1. The van der Waals surface area contributed by atoms with Crippen molar-refractivity contribution in [3.8, 4) is 0 Å². The number of alkyl halides is 3. The molecule has 0 unspecified atom stereocenters. The maximum atomic E-state index is 12.6. The summed E-state index contributed by atoms with van der Waals surface area (Å²) in [6, 6.07) is 4.98. The molecule has 2 N–H and O–H groups in total. The van der Waals surface area contributed by atoms with Gasteiger partial charge in [-0.3, -0.25) is 0 Å². The maximum absolute atomic E-state index is 12.6. The summed E-state index contributed by atoms with van der Waals surface area (Å²) < 4.78 is 37.7. The van der Waals surface area contributed by atoms with E-state index in [1.807, 2.05) is 0 Å². The van der Waals surface area contributed by atoms with E-state index >= 15 is 0 Å². The largest absolute Gasteiger partial charge is 0.416 e. The predicted molar refractivity (Wildman–Crippen MR) is 62.0 cm³/mol. The SMILES string of the molecule is O[C@@H](c1cccc(C(F)(F)F)c1)C1CCNCC1. The smallest absolute Gasteiger partial charge is 0.388 e. The van der Waals surface area contributed by atoms with Crippen LogP contribution in [0.25, 0.3) is 0 Å². The first-order valence-electron chi connectivity index (χ1n) is 6.04. The zero-order valence-electron chi connectivity index (χ0n) is 9.87. The van der Waals surface area contributed by atoms with Crippen molar-refractivity contribution in [2.75, 3.05) is 13.1 Å². The Bertz CT molecular complexity index is 399. The topological polar surface area (TPSA) is 32.3 Å². The summed E-state index contributed by atoms with van der Waals surface area (Å²) in [5, 5.41) is 13.3. The normalized spacial score (nSPS) is 19.8. The van der Waals surface area contributed by atoms with Crippen molar-refractivity contribution in [3.05, 3.63) is 35.4 Å². The van der Waals surface area contributed by atoms with Gasteiger partial charge < -0.3 is 10.4 Å². The lowest BCUT2D eigenvalue weighted by atomic mass is 9.87. The third-order valence-electron chi connectivity index (χ3n) is 3.39. The molecule has 1 heterocycles. The number of aliphatic hydroxyl groups excluding tert-OH is 1. The molecule has 2 rings (SSSR count). The number of halogens is 3. The Hall–Kier alpha value is -1.07. The predicted octanol–water partition coefficient (Wildman–Crippen LogP) is 2.74. The van der Waals surface area contributed by atoms with Gasteiger partial charge in [0, 0.05) is 0 Å². The van der Waals surface area contributed by atoms with Gasteiger partial charge in [0.15, 0.2) is 0 Å². The first-order chi connectivity index (χ1) is 8.48. The van der Waals surface area contributed by atoms with E-state index in [1.54, 1.807) is 6.07 Å². The Morgan fingerprint density at radius 2 is 1.89 bits per heavy atom. The monoisotopic (exact) mass is 259 g/mol. The molecule has 0 radical (unpaired) electrons. The van der Waals surface area contributed by atoms with Crippen LogP contribution in [0.2, 0.25) is 0 Å². The van der Waals surface area contributed by atoms with E-state index in [2.05, 4.69) is 5.32 Å². The first-order valence-corrected chi connectivity index (χ1v) is 6.04. The van der Waals surface area contributed by atoms with Crippen LogP contribution < -0.4 is 5.32 Å². The lowest BCUT2D eigenvalue weighted by molar-refractivity contribution is -0.137. The minimum atomic E-state index is -4.36. The van der Waals surface area contributed by atoms with Gasteiger partial charge in [0.1, 0.15) is 0 Å². The highest BCUT2D eigenvalue weighted by Crippen LogP contribution is 2.33. The molecule has 1 saturated heterocycles. The molecule has 5 heteroatoms. The van der Waals surface area contributed by atoms with Crippen LogP contribution in [-0.2, 0) is 6.18 Å². The van der Waals surface area contributed by atoms with Crippen molar-refractivity contribution in [1.29, 1.82) is 0 Å². The summed E-state index contributed by atoms with van der Waals surface area (Å²) in [7, 11) is 0. The van der Waals surface area contributed by atoms with Gasteiger partial charge in [0.25, 0.3) is 0 Å². The average Bonchev–Trinajstić information content (AvgIpc) is 2.38. The average molecular weight is 259 g/mol. The fourth-order valence-corrected chi connectivity index (χ4v) is 2.33. The standard InChI is InChI=1S/C13H16F3NO/c14-13(15,16)11-3-1-2-10(8-11)12(18)9-4-6-17-7-5-9/h1-3,8-9,12,17-18H,4-7H2/t12-/m1/s1.